The van der Waals surface area contributed by atoms with Gasteiger partial charge in [-0.2, -0.15) is 0 Å². The lowest BCUT2D eigenvalue weighted by Gasteiger charge is -2.17. The average Bonchev–Trinajstić information content (AvgIpc) is 2.74. The Morgan fingerprint density at radius 2 is 2.06 bits per heavy atom. The van der Waals surface area contributed by atoms with Crippen molar-refractivity contribution in [2.75, 3.05) is 11.9 Å². The summed E-state index contributed by atoms with van der Waals surface area (Å²) in [5, 5.41) is -0.00168. The van der Waals surface area contributed by atoms with Gasteiger partial charge in [0.1, 0.15) is 5.82 Å². The molecule has 5 heteroatoms. The summed E-state index contributed by atoms with van der Waals surface area (Å²) < 4.78 is 18.3. The standard InChI is InChI=1S/C12H9ClFNO2/c1-15(10-5-3-2-4-9(10)14)12(16)8-6-7-17-11(8)13/h2-7H,1H3. The number of para-hydroxylation sites is 1. The molecular formula is C12H9ClFNO2. The molecule has 0 aliphatic rings. The molecule has 0 saturated carbocycles. The summed E-state index contributed by atoms with van der Waals surface area (Å²) in [5.74, 6) is -0.892. The Bertz CT molecular complexity index is 553. The van der Waals surface area contributed by atoms with Gasteiger partial charge in [-0.15, -0.1) is 0 Å². The predicted molar refractivity (Wildman–Crippen MR) is 62.9 cm³/mol. The van der Waals surface area contributed by atoms with Crippen molar-refractivity contribution in [2.24, 2.45) is 0 Å². The molecule has 0 spiro atoms. The Kier molecular flexibility index (Phi) is 3.15. The number of hydrogen-bond acceptors (Lipinski definition) is 2. The molecule has 0 saturated heterocycles. The predicted octanol–water partition coefficient (Wildman–Crippen LogP) is 3.35. The Morgan fingerprint density at radius 1 is 1.35 bits per heavy atom. The van der Waals surface area contributed by atoms with Gasteiger partial charge in [-0.05, 0) is 29.8 Å². The van der Waals surface area contributed by atoms with Crippen LogP contribution in [0.15, 0.2) is 41.0 Å². The number of anilines is 1. The molecule has 1 aromatic heterocycles. The van der Waals surface area contributed by atoms with Crippen LogP contribution in [-0.2, 0) is 0 Å². The van der Waals surface area contributed by atoms with Gasteiger partial charge in [0, 0.05) is 7.05 Å². The summed E-state index contributed by atoms with van der Waals surface area (Å²) in [5.41, 5.74) is 0.396. The molecule has 0 fully saturated rings. The van der Waals surface area contributed by atoms with Crippen LogP contribution in [0.2, 0.25) is 5.22 Å². The molecule has 0 N–H and O–H groups in total. The Labute approximate surface area is 102 Å². The van der Waals surface area contributed by atoms with E-state index in [1.165, 1.54) is 36.4 Å². The maximum absolute atomic E-state index is 13.5. The van der Waals surface area contributed by atoms with E-state index in [1.54, 1.807) is 12.1 Å². The minimum absolute atomic E-state index is 0.00168. The fourth-order valence-electron chi connectivity index (χ4n) is 1.46. The highest BCUT2D eigenvalue weighted by Crippen LogP contribution is 2.23. The molecule has 0 aliphatic carbocycles. The zero-order valence-electron chi connectivity index (χ0n) is 8.98. The van der Waals surface area contributed by atoms with Crippen LogP contribution in [0.1, 0.15) is 10.4 Å². The molecule has 3 nitrogen and oxygen atoms in total. The molecule has 0 bridgehead atoms. The molecule has 0 aliphatic heterocycles. The molecule has 88 valence electrons. The largest absolute Gasteiger partial charge is 0.452 e. The number of carbonyl (C=O) groups is 1. The van der Waals surface area contributed by atoms with Crippen molar-refractivity contribution in [1.29, 1.82) is 0 Å². The topological polar surface area (TPSA) is 33.5 Å². The van der Waals surface area contributed by atoms with E-state index in [-0.39, 0.29) is 16.5 Å². The first-order chi connectivity index (χ1) is 8.11. The highest BCUT2D eigenvalue weighted by atomic mass is 35.5. The van der Waals surface area contributed by atoms with Gasteiger partial charge in [0.15, 0.2) is 0 Å². The lowest BCUT2D eigenvalue weighted by molar-refractivity contribution is 0.0992. The van der Waals surface area contributed by atoms with Crippen molar-refractivity contribution in [1.82, 2.24) is 0 Å². The van der Waals surface area contributed by atoms with Gasteiger partial charge in [-0.25, -0.2) is 4.39 Å². The highest BCUT2D eigenvalue weighted by Gasteiger charge is 2.20. The van der Waals surface area contributed by atoms with Crippen LogP contribution < -0.4 is 4.90 Å². The molecule has 0 unspecified atom stereocenters. The van der Waals surface area contributed by atoms with E-state index in [9.17, 15) is 9.18 Å². The lowest BCUT2D eigenvalue weighted by Crippen LogP contribution is -2.26. The number of rotatable bonds is 2. The second kappa shape index (κ2) is 4.59. The van der Waals surface area contributed by atoms with E-state index in [0.29, 0.717) is 0 Å². The molecule has 1 amide bonds. The summed E-state index contributed by atoms with van der Waals surface area (Å²) in [6.45, 7) is 0. The van der Waals surface area contributed by atoms with Crippen LogP contribution in [0.25, 0.3) is 0 Å². The number of nitrogens with zero attached hydrogens (tertiary/aromatic N) is 1. The average molecular weight is 254 g/mol. The summed E-state index contributed by atoms with van der Waals surface area (Å²) in [6.07, 6.45) is 1.31. The lowest BCUT2D eigenvalue weighted by atomic mass is 10.2. The van der Waals surface area contributed by atoms with E-state index in [1.807, 2.05) is 0 Å². The van der Waals surface area contributed by atoms with E-state index >= 15 is 0 Å². The molecule has 1 aromatic carbocycles. The highest BCUT2D eigenvalue weighted by molar-refractivity contribution is 6.32. The minimum Gasteiger partial charge on any atom is -0.452 e. The molecular weight excluding hydrogens is 245 g/mol. The van der Waals surface area contributed by atoms with Gasteiger partial charge >= 0.3 is 0 Å². The van der Waals surface area contributed by atoms with Gasteiger partial charge in [-0.1, -0.05) is 12.1 Å². The fourth-order valence-corrected chi connectivity index (χ4v) is 1.66. The van der Waals surface area contributed by atoms with Crippen molar-refractivity contribution in [3.05, 3.63) is 53.2 Å². The number of furan rings is 1. The van der Waals surface area contributed by atoms with Crippen molar-refractivity contribution in [3.8, 4) is 0 Å². The monoisotopic (exact) mass is 253 g/mol. The Hall–Kier alpha value is -1.81. The maximum Gasteiger partial charge on any atom is 0.262 e. The first kappa shape index (κ1) is 11.7. The number of halogens is 2. The molecule has 0 atom stereocenters. The summed E-state index contributed by atoms with van der Waals surface area (Å²) in [6, 6.07) is 7.46. The van der Waals surface area contributed by atoms with Crippen LogP contribution in [0, 0.1) is 5.82 Å². The van der Waals surface area contributed by atoms with Crippen LogP contribution in [0.4, 0.5) is 10.1 Å². The van der Waals surface area contributed by atoms with E-state index in [0.717, 1.165) is 0 Å². The quantitative estimate of drug-likeness (QED) is 0.822. The molecule has 1 heterocycles. The number of carbonyl (C=O) groups excluding carboxylic acids is 1. The summed E-state index contributed by atoms with van der Waals surface area (Å²) >= 11 is 5.70. The van der Waals surface area contributed by atoms with Gasteiger partial charge in [0.25, 0.3) is 5.91 Å². The Morgan fingerprint density at radius 3 is 2.65 bits per heavy atom. The smallest absolute Gasteiger partial charge is 0.262 e. The summed E-state index contributed by atoms with van der Waals surface area (Å²) in [4.78, 5) is 13.2. The third-order valence-electron chi connectivity index (χ3n) is 2.37. The number of benzene rings is 1. The van der Waals surface area contributed by atoms with Crippen molar-refractivity contribution in [2.45, 2.75) is 0 Å². The second-order valence-electron chi connectivity index (χ2n) is 3.42. The zero-order chi connectivity index (χ0) is 12.4. The zero-order valence-corrected chi connectivity index (χ0v) is 9.74. The number of hydrogen-bond donors (Lipinski definition) is 0. The molecule has 2 aromatic rings. The third-order valence-corrected chi connectivity index (χ3v) is 2.66. The van der Waals surface area contributed by atoms with E-state index < -0.39 is 11.7 Å². The van der Waals surface area contributed by atoms with Crippen molar-refractivity contribution < 1.29 is 13.6 Å². The number of amides is 1. The second-order valence-corrected chi connectivity index (χ2v) is 3.77. The minimum atomic E-state index is -0.469. The Balaban J connectivity index is 2.33. The van der Waals surface area contributed by atoms with Crippen molar-refractivity contribution in [3.63, 3.8) is 0 Å². The maximum atomic E-state index is 13.5. The molecule has 17 heavy (non-hydrogen) atoms. The van der Waals surface area contributed by atoms with Gasteiger partial charge in [0.05, 0.1) is 17.5 Å². The molecule has 2 rings (SSSR count). The van der Waals surface area contributed by atoms with Crippen molar-refractivity contribution >= 4 is 23.2 Å². The van der Waals surface area contributed by atoms with E-state index in [2.05, 4.69) is 0 Å². The first-order valence-corrected chi connectivity index (χ1v) is 5.24. The van der Waals surface area contributed by atoms with Gasteiger partial charge in [-0.3, -0.25) is 4.79 Å². The van der Waals surface area contributed by atoms with E-state index in [4.69, 9.17) is 16.0 Å². The van der Waals surface area contributed by atoms with Crippen LogP contribution in [-0.4, -0.2) is 13.0 Å². The molecule has 0 radical (unpaired) electrons. The van der Waals surface area contributed by atoms with Crippen LogP contribution >= 0.6 is 11.6 Å². The SMILES string of the molecule is CN(C(=O)c1ccoc1Cl)c1ccccc1F. The normalized spacial score (nSPS) is 10.3. The van der Waals surface area contributed by atoms with Gasteiger partial charge < -0.3 is 9.32 Å². The van der Waals surface area contributed by atoms with Gasteiger partial charge in [0.2, 0.25) is 5.22 Å². The van der Waals surface area contributed by atoms with Crippen LogP contribution in [0.3, 0.4) is 0 Å². The fraction of sp³-hybridized carbons (Fsp3) is 0.0833. The summed E-state index contributed by atoms with van der Waals surface area (Å²) in [7, 11) is 1.48. The first-order valence-electron chi connectivity index (χ1n) is 4.87. The third kappa shape index (κ3) is 2.17. The van der Waals surface area contributed by atoms with Crippen LogP contribution in [0.5, 0.6) is 0 Å².